The van der Waals surface area contributed by atoms with Crippen LogP contribution >= 0.6 is 11.6 Å². The van der Waals surface area contributed by atoms with Crippen LogP contribution in [0.1, 0.15) is 35.9 Å². The number of hydrogen-bond acceptors (Lipinski definition) is 5. The van der Waals surface area contributed by atoms with Crippen molar-refractivity contribution in [1.29, 1.82) is 0 Å². The minimum Gasteiger partial charge on any atom is -0.493 e. The first-order valence-corrected chi connectivity index (χ1v) is 9.00. The summed E-state index contributed by atoms with van der Waals surface area (Å²) in [5, 5.41) is 5.95. The molecule has 2 rings (SSSR count). The summed E-state index contributed by atoms with van der Waals surface area (Å²) >= 11 is 6.22. The van der Waals surface area contributed by atoms with Gasteiger partial charge in [-0.3, -0.25) is 9.59 Å². The van der Waals surface area contributed by atoms with Gasteiger partial charge < -0.3 is 24.5 Å². The maximum Gasteiger partial charge on any atom is 0.286 e. The first-order valence-electron chi connectivity index (χ1n) is 8.62. The van der Waals surface area contributed by atoms with Gasteiger partial charge in [-0.05, 0) is 43.2 Å². The Morgan fingerprint density at radius 2 is 2.07 bits per heavy atom. The van der Waals surface area contributed by atoms with Crippen molar-refractivity contribution in [3.8, 4) is 11.5 Å². The minimum atomic E-state index is -0.295. The zero-order valence-electron chi connectivity index (χ0n) is 15.3. The molecule has 2 N–H and O–H groups in total. The lowest BCUT2D eigenvalue weighted by Gasteiger charge is -2.13. The van der Waals surface area contributed by atoms with Crippen molar-refractivity contribution < 1.29 is 23.5 Å². The fraction of sp³-hybridized carbons (Fsp3) is 0.368. The van der Waals surface area contributed by atoms with E-state index in [9.17, 15) is 9.59 Å². The second kappa shape index (κ2) is 10.5. The summed E-state index contributed by atoms with van der Waals surface area (Å²) in [6.07, 6.45) is 2.25. The maximum absolute atomic E-state index is 12.0. The fourth-order valence-corrected chi connectivity index (χ4v) is 2.68. The van der Waals surface area contributed by atoms with Crippen molar-refractivity contribution in [3.63, 3.8) is 0 Å². The highest BCUT2D eigenvalue weighted by Crippen LogP contribution is 2.36. The van der Waals surface area contributed by atoms with Gasteiger partial charge in [-0.25, -0.2) is 0 Å². The van der Waals surface area contributed by atoms with Crippen molar-refractivity contribution in [3.05, 3.63) is 46.9 Å². The van der Waals surface area contributed by atoms with Gasteiger partial charge in [0, 0.05) is 19.5 Å². The third kappa shape index (κ3) is 6.21. The average Bonchev–Trinajstić information content (AvgIpc) is 3.20. The van der Waals surface area contributed by atoms with Gasteiger partial charge in [-0.1, -0.05) is 11.6 Å². The Balaban J connectivity index is 1.75. The molecule has 0 aliphatic carbocycles. The first kappa shape index (κ1) is 20.6. The van der Waals surface area contributed by atoms with Gasteiger partial charge in [0.15, 0.2) is 17.3 Å². The van der Waals surface area contributed by atoms with Crippen LogP contribution in [-0.4, -0.2) is 32.1 Å². The number of amides is 2. The molecule has 0 bridgehead atoms. The predicted molar refractivity (Wildman–Crippen MR) is 101 cm³/mol. The Hall–Kier alpha value is -2.67. The van der Waals surface area contributed by atoms with Crippen molar-refractivity contribution in [1.82, 2.24) is 10.6 Å². The lowest BCUT2D eigenvalue weighted by molar-refractivity contribution is -0.121. The number of halogens is 1. The van der Waals surface area contributed by atoms with E-state index in [-0.39, 0.29) is 17.6 Å². The van der Waals surface area contributed by atoms with Gasteiger partial charge in [0.1, 0.15) is 0 Å². The molecular formula is C19H23ClN2O5. The molecule has 0 spiro atoms. The quantitative estimate of drug-likeness (QED) is 0.604. The Labute approximate surface area is 163 Å². The molecule has 2 aromatic rings. The van der Waals surface area contributed by atoms with Gasteiger partial charge in [0.2, 0.25) is 5.91 Å². The van der Waals surface area contributed by atoms with Gasteiger partial charge >= 0.3 is 0 Å². The molecule has 0 saturated heterocycles. The van der Waals surface area contributed by atoms with Crippen molar-refractivity contribution >= 4 is 23.4 Å². The number of rotatable bonds is 10. The SMILES string of the molecule is CCOc1c(Cl)cc(CNC(=O)CCCNC(=O)c2ccco2)cc1OC. The minimum absolute atomic E-state index is 0.119. The standard InChI is InChI=1S/C19H23ClN2O5/c1-3-26-18-14(20)10-13(11-16(18)25-2)12-22-17(23)7-4-8-21-19(24)15-6-5-9-27-15/h5-6,9-11H,3-4,7-8,12H2,1-2H3,(H,21,24)(H,22,23). The van der Waals surface area contributed by atoms with Crippen LogP contribution in [-0.2, 0) is 11.3 Å². The summed E-state index contributed by atoms with van der Waals surface area (Å²) in [6, 6.07) is 6.74. The average molecular weight is 395 g/mol. The van der Waals surface area contributed by atoms with E-state index in [0.717, 1.165) is 5.56 Å². The Morgan fingerprint density at radius 1 is 1.26 bits per heavy atom. The zero-order valence-corrected chi connectivity index (χ0v) is 16.1. The molecule has 0 aliphatic rings. The highest BCUT2D eigenvalue weighted by atomic mass is 35.5. The van der Waals surface area contributed by atoms with E-state index < -0.39 is 0 Å². The highest BCUT2D eigenvalue weighted by molar-refractivity contribution is 6.32. The summed E-state index contributed by atoms with van der Waals surface area (Å²) in [7, 11) is 1.54. The lowest BCUT2D eigenvalue weighted by Crippen LogP contribution is -2.27. The van der Waals surface area contributed by atoms with E-state index in [1.807, 2.05) is 6.92 Å². The molecule has 1 heterocycles. The van der Waals surface area contributed by atoms with Crippen molar-refractivity contribution in [2.75, 3.05) is 20.3 Å². The summed E-state index contributed by atoms with van der Waals surface area (Å²) in [4.78, 5) is 23.7. The van der Waals surface area contributed by atoms with Crippen LogP contribution in [0.15, 0.2) is 34.9 Å². The Bertz CT molecular complexity index is 762. The van der Waals surface area contributed by atoms with E-state index in [1.165, 1.54) is 13.4 Å². The smallest absolute Gasteiger partial charge is 0.286 e. The molecule has 8 heteroatoms. The molecule has 1 aromatic heterocycles. The molecule has 146 valence electrons. The van der Waals surface area contributed by atoms with Crippen LogP contribution in [0.3, 0.4) is 0 Å². The van der Waals surface area contributed by atoms with E-state index >= 15 is 0 Å². The number of hydrogen-bond donors (Lipinski definition) is 2. The molecule has 2 amide bonds. The third-order valence-electron chi connectivity index (χ3n) is 3.68. The third-order valence-corrected chi connectivity index (χ3v) is 3.96. The number of carbonyl (C=O) groups is 2. The number of methoxy groups -OCH3 is 1. The number of carbonyl (C=O) groups excluding carboxylic acids is 2. The zero-order chi connectivity index (χ0) is 19.6. The molecule has 27 heavy (non-hydrogen) atoms. The lowest BCUT2D eigenvalue weighted by atomic mass is 10.2. The largest absolute Gasteiger partial charge is 0.493 e. The van der Waals surface area contributed by atoms with E-state index in [2.05, 4.69) is 10.6 Å². The predicted octanol–water partition coefficient (Wildman–Crippen LogP) is 3.17. The van der Waals surface area contributed by atoms with Gasteiger partial charge in [-0.15, -0.1) is 0 Å². The fourth-order valence-electron chi connectivity index (χ4n) is 2.39. The van der Waals surface area contributed by atoms with Crippen LogP contribution in [0.5, 0.6) is 11.5 Å². The summed E-state index contributed by atoms with van der Waals surface area (Å²) in [6.45, 7) is 3.04. The Kier molecular flexibility index (Phi) is 8.00. The summed E-state index contributed by atoms with van der Waals surface area (Å²) in [5.41, 5.74) is 0.805. The molecule has 0 saturated carbocycles. The number of ether oxygens (including phenoxy) is 2. The topological polar surface area (TPSA) is 89.8 Å². The number of benzene rings is 1. The van der Waals surface area contributed by atoms with Crippen molar-refractivity contribution in [2.45, 2.75) is 26.3 Å². The maximum atomic E-state index is 12.0. The summed E-state index contributed by atoms with van der Waals surface area (Å²) < 4.78 is 15.7. The van der Waals surface area contributed by atoms with Crippen LogP contribution < -0.4 is 20.1 Å². The van der Waals surface area contributed by atoms with Crippen molar-refractivity contribution in [2.24, 2.45) is 0 Å². The monoisotopic (exact) mass is 394 g/mol. The molecular weight excluding hydrogens is 372 g/mol. The van der Waals surface area contributed by atoms with E-state index in [4.69, 9.17) is 25.5 Å². The van der Waals surface area contributed by atoms with E-state index in [0.29, 0.717) is 49.1 Å². The molecule has 0 atom stereocenters. The molecule has 7 nitrogen and oxygen atoms in total. The molecule has 0 unspecified atom stereocenters. The van der Waals surface area contributed by atoms with Gasteiger partial charge in [-0.2, -0.15) is 0 Å². The van der Waals surface area contributed by atoms with Crippen LogP contribution in [0.25, 0.3) is 0 Å². The van der Waals surface area contributed by atoms with Crippen LogP contribution in [0.2, 0.25) is 5.02 Å². The second-order valence-corrected chi connectivity index (χ2v) is 6.06. The molecule has 1 aromatic carbocycles. The highest BCUT2D eigenvalue weighted by Gasteiger charge is 2.12. The van der Waals surface area contributed by atoms with Crippen LogP contribution in [0, 0.1) is 0 Å². The number of furan rings is 1. The second-order valence-electron chi connectivity index (χ2n) is 5.66. The molecule has 0 aliphatic heterocycles. The van der Waals surface area contributed by atoms with E-state index in [1.54, 1.807) is 24.3 Å². The molecule has 0 radical (unpaired) electrons. The van der Waals surface area contributed by atoms with Gasteiger partial charge in [0.05, 0.1) is 25.0 Å². The summed E-state index contributed by atoms with van der Waals surface area (Å²) in [5.74, 6) is 0.849. The first-order chi connectivity index (χ1) is 13.0. The normalized spacial score (nSPS) is 10.3. The van der Waals surface area contributed by atoms with Gasteiger partial charge in [0.25, 0.3) is 5.91 Å². The molecule has 0 fully saturated rings. The Morgan fingerprint density at radius 3 is 2.74 bits per heavy atom. The van der Waals surface area contributed by atoms with Crippen LogP contribution in [0.4, 0.5) is 0 Å². The number of nitrogens with one attached hydrogen (secondary N) is 2.